The Balaban J connectivity index is 2.52. The molecule has 1 amide bonds. The second-order valence-corrected chi connectivity index (χ2v) is 5.91. The van der Waals surface area contributed by atoms with Gasteiger partial charge in [0.2, 0.25) is 0 Å². The van der Waals surface area contributed by atoms with E-state index in [9.17, 15) is 4.79 Å². The number of amides is 1. The first kappa shape index (κ1) is 14.5. The molecule has 0 radical (unpaired) electrons. The van der Waals surface area contributed by atoms with Crippen molar-refractivity contribution in [2.24, 2.45) is 5.92 Å². The van der Waals surface area contributed by atoms with Crippen molar-refractivity contribution in [1.82, 2.24) is 9.88 Å². The zero-order chi connectivity index (χ0) is 14.9. The highest BCUT2D eigenvalue weighted by molar-refractivity contribution is 6.06. The molecule has 2 aromatic rings. The van der Waals surface area contributed by atoms with E-state index in [0.717, 1.165) is 34.3 Å². The summed E-state index contributed by atoms with van der Waals surface area (Å²) in [4.78, 5) is 19.0. The minimum Gasteiger partial charge on any atom is -0.341 e. The van der Waals surface area contributed by atoms with Crippen molar-refractivity contribution < 1.29 is 4.79 Å². The molecule has 20 heavy (non-hydrogen) atoms. The number of benzene rings is 1. The molecule has 3 heteroatoms. The third kappa shape index (κ3) is 2.98. The Morgan fingerprint density at radius 2 is 1.95 bits per heavy atom. The fraction of sp³-hybridized carbons (Fsp3) is 0.412. The minimum atomic E-state index is 0.0693. The molecule has 1 aromatic heterocycles. The average molecular weight is 270 g/mol. The lowest BCUT2D eigenvalue weighted by Gasteiger charge is -2.20. The summed E-state index contributed by atoms with van der Waals surface area (Å²) in [5, 5.41) is 0.941. The lowest BCUT2D eigenvalue weighted by Crippen LogP contribution is -2.30. The zero-order valence-electron chi connectivity index (χ0n) is 12.9. The number of carbonyl (C=O) groups excluding carboxylic acids is 1. The molecule has 0 spiro atoms. The standard InChI is InChI=1S/C17H22N2O/c1-11(2)10-19(5)17(20)15-9-13(4)18-16-7-6-12(3)8-14(15)16/h6-9,11H,10H2,1-5H3. The number of fused-ring (bicyclic) bond motifs is 1. The second-order valence-electron chi connectivity index (χ2n) is 5.91. The van der Waals surface area contributed by atoms with E-state index >= 15 is 0 Å². The number of rotatable bonds is 3. The maximum absolute atomic E-state index is 12.7. The van der Waals surface area contributed by atoms with Gasteiger partial charge in [-0.05, 0) is 38.0 Å². The van der Waals surface area contributed by atoms with E-state index in [0.29, 0.717) is 5.92 Å². The highest BCUT2D eigenvalue weighted by Gasteiger charge is 2.16. The van der Waals surface area contributed by atoms with E-state index in [-0.39, 0.29) is 5.91 Å². The quantitative estimate of drug-likeness (QED) is 0.854. The topological polar surface area (TPSA) is 33.2 Å². The summed E-state index contributed by atoms with van der Waals surface area (Å²) in [6.07, 6.45) is 0. The third-order valence-electron chi connectivity index (χ3n) is 3.31. The van der Waals surface area contributed by atoms with Crippen LogP contribution in [0.2, 0.25) is 0 Å². The van der Waals surface area contributed by atoms with Gasteiger partial charge >= 0.3 is 0 Å². The molecule has 0 unspecified atom stereocenters. The highest BCUT2D eigenvalue weighted by atomic mass is 16.2. The first-order valence-corrected chi connectivity index (χ1v) is 7.02. The van der Waals surface area contributed by atoms with Crippen LogP contribution >= 0.6 is 0 Å². The lowest BCUT2D eigenvalue weighted by atomic mass is 10.0. The number of hydrogen-bond donors (Lipinski definition) is 0. The van der Waals surface area contributed by atoms with E-state index in [1.165, 1.54) is 0 Å². The lowest BCUT2D eigenvalue weighted by molar-refractivity contribution is 0.0781. The molecular weight excluding hydrogens is 248 g/mol. The van der Waals surface area contributed by atoms with E-state index in [1.54, 1.807) is 4.90 Å². The fourth-order valence-corrected chi connectivity index (χ4v) is 2.49. The number of carbonyl (C=O) groups is 1. The Labute approximate surface area is 120 Å². The summed E-state index contributed by atoms with van der Waals surface area (Å²) < 4.78 is 0. The highest BCUT2D eigenvalue weighted by Crippen LogP contribution is 2.21. The predicted molar refractivity (Wildman–Crippen MR) is 83.0 cm³/mol. The molecule has 1 aromatic carbocycles. The van der Waals surface area contributed by atoms with Crippen LogP contribution in [0.4, 0.5) is 0 Å². The van der Waals surface area contributed by atoms with Gasteiger partial charge in [0.1, 0.15) is 0 Å². The number of pyridine rings is 1. The summed E-state index contributed by atoms with van der Waals surface area (Å²) in [5.74, 6) is 0.527. The van der Waals surface area contributed by atoms with Gasteiger partial charge in [-0.1, -0.05) is 25.5 Å². The monoisotopic (exact) mass is 270 g/mol. The van der Waals surface area contributed by atoms with Crippen LogP contribution in [0.15, 0.2) is 24.3 Å². The third-order valence-corrected chi connectivity index (χ3v) is 3.31. The van der Waals surface area contributed by atoms with Crippen molar-refractivity contribution in [3.05, 3.63) is 41.1 Å². The fourth-order valence-electron chi connectivity index (χ4n) is 2.49. The number of aromatic nitrogens is 1. The first-order valence-electron chi connectivity index (χ1n) is 7.02. The van der Waals surface area contributed by atoms with E-state index < -0.39 is 0 Å². The Kier molecular flexibility index (Phi) is 4.07. The van der Waals surface area contributed by atoms with Crippen molar-refractivity contribution >= 4 is 16.8 Å². The second kappa shape index (κ2) is 5.61. The number of nitrogens with zero attached hydrogens (tertiary/aromatic N) is 2. The van der Waals surface area contributed by atoms with Gasteiger partial charge < -0.3 is 4.90 Å². The average Bonchev–Trinajstić information content (AvgIpc) is 2.36. The smallest absolute Gasteiger partial charge is 0.254 e. The molecule has 106 valence electrons. The number of hydrogen-bond acceptors (Lipinski definition) is 2. The Hall–Kier alpha value is -1.90. The van der Waals surface area contributed by atoms with Crippen LogP contribution in [0.25, 0.3) is 10.9 Å². The van der Waals surface area contributed by atoms with Crippen molar-refractivity contribution in [3.63, 3.8) is 0 Å². The van der Waals surface area contributed by atoms with Gasteiger partial charge in [-0.3, -0.25) is 9.78 Å². The molecular formula is C17H22N2O. The Morgan fingerprint density at radius 3 is 2.60 bits per heavy atom. The molecule has 0 aliphatic carbocycles. The molecule has 0 atom stereocenters. The number of aryl methyl sites for hydroxylation is 2. The molecule has 0 saturated heterocycles. The van der Waals surface area contributed by atoms with Crippen molar-refractivity contribution in [1.29, 1.82) is 0 Å². The minimum absolute atomic E-state index is 0.0693. The summed E-state index contributed by atoms with van der Waals surface area (Å²) >= 11 is 0. The molecule has 3 nitrogen and oxygen atoms in total. The summed E-state index contributed by atoms with van der Waals surface area (Å²) in [6, 6.07) is 7.94. The molecule has 0 bridgehead atoms. The predicted octanol–water partition coefficient (Wildman–Crippen LogP) is 3.58. The largest absolute Gasteiger partial charge is 0.341 e. The Morgan fingerprint density at radius 1 is 1.25 bits per heavy atom. The van der Waals surface area contributed by atoms with Gasteiger partial charge in [-0.2, -0.15) is 0 Å². The molecule has 0 N–H and O–H groups in total. The summed E-state index contributed by atoms with van der Waals surface area (Å²) in [6.45, 7) is 8.95. The van der Waals surface area contributed by atoms with Crippen LogP contribution in [0.5, 0.6) is 0 Å². The van der Waals surface area contributed by atoms with E-state index in [1.807, 2.05) is 45.2 Å². The molecule has 0 fully saturated rings. The maximum Gasteiger partial charge on any atom is 0.254 e. The van der Waals surface area contributed by atoms with Crippen molar-refractivity contribution in [2.45, 2.75) is 27.7 Å². The van der Waals surface area contributed by atoms with Crippen LogP contribution in [0.3, 0.4) is 0 Å². The van der Waals surface area contributed by atoms with Gasteiger partial charge in [0.25, 0.3) is 5.91 Å². The normalized spacial score (nSPS) is 11.1. The van der Waals surface area contributed by atoms with Crippen molar-refractivity contribution in [2.75, 3.05) is 13.6 Å². The SMILES string of the molecule is Cc1ccc2nc(C)cc(C(=O)N(C)CC(C)C)c2c1. The molecule has 0 aliphatic heterocycles. The summed E-state index contributed by atoms with van der Waals surface area (Å²) in [7, 11) is 1.86. The summed E-state index contributed by atoms with van der Waals surface area (Å²) in [5.41, 5.74) is 3.66. The molecule has 0 aliphatic rings. The first-order chi connectivity index (χ1) is 9.38. The van der Waals surface area contributed by atoms with E-state index in [4.69, 9.17) is 0 Å². The van der Waals surface area contributed by atoms with Crippen LogP contribution < -0.4 is 0 Å². The van der Waals surface area contributed by atoms with E-state index in [2.05, 4.69) is 18.8 Å². The maximum atomic E-state index is 12.7. The molecule has 2 rings (SSSR count). The van der Waals surface area contributed by atoms with Crippen LogP contribution in [0.1, 0.15) is 35.5 Å². The molecule has 0 saturated carbocycles. The molecule has 1 heterocycles. The van der Waals surface area contributed by atoms with Crippen LogP contribution in [-0.2, 0) is 0 Å². The van der Waals surface area contributed by atoms with Gasteiger partial charge in [0.05, 0.1) is 11.1 Å². The Bertz CT molecular complexity index is 647. The van der Waals surface area contributed by atoms with Gasteiger partial charge in [-0.25, -0.2) is 0 Å². The van der Waals surface area contributed by atoms with Gasteiger partial charge in [0.15, 0.2) is 0 Å². The van der Waals surface area contributed by atoms with Crippen LogP contribution in [0, 0.1) is 19.8 Å². The van der Waals surface area contributed by atoms with Crippen LogP contribution in [-0.4, -0.2) is 29.4 Å². The van der Waals surface area contributed by atoms with Gasteiger partial charge in [-0.15, -0.1) is 0 Å². The zero-order valence-corrected chi connectivity index (χ0v) is 12.9. The van der Waals surface area contributed by atoms with Gasteiger partial charge in [0, 0.05) is 24.7 Å². The van der Waals surface area contributed by atoms with Crippen molar-refractivity contribution in [3.8, 4) is 0 Å².